The van der Waals surface area contributed by atoms with Crippen molar-refractivity contribution in [3.63, 3.8) is 0 Å². The first-order chi connectivity index (χ1) is 8.70. The van der Waals surface area contributed by atoms with Crippen LogP contribution in [0.4, 0.5) is 0 Å². The van der Waals surface area contributed by atoms with Crippen molar-refractivity contribution in [1.29, 1.82) is 5.26 Å². The number of hydrogen-bond acceptors (Lipinski definition) is 3. The van der Waals surface area contributed by atoms with Gasteiger partial charge in [-0.05, 0) is 24.1 Å². The van der Waals surface area contributed by atoms with Gasteiger partial charge in [-0.3, -0.25) is 0 Å². The number of nitrogens with one attached hydrogen (secondary N) is 1. The number of benzene rings is 1. The fourth-order valence-corrected chi connectivity index (χ4v) is 2.69. The molecule has 0 aliphatic carbocycles. The van der Waals surface area contributed by atoms with Crippen molar-refractivity contribution in [2.45, 2.75) is 12.5 Å². The lowest BCUT2D eigenvalue weighted by molar-refractivity contribution is 0.264. The largest absolute Gasteiger partial charge is 0.352 e. The van der Waals surface area contributed by atoms with Crippen molar-refractivity contribution >= 4 is 29.2 Å². The molecule has 2 rings (SSSR count). The van der Waals surface area contributed by atoms with Gasteiger partial charge < -0.3 is 10.2 Å². The van der Waals surface area contributed by atoms with Gasteiger partial charge in [-0.1, -0.05) is 24.4 Å². The lowest BCUT2D eigenvalue weighted by Crippen LogP contribution is -2.53. The van der Waals surface area contributed by atoms with Gasteiger partial charge >= 0.3 is 0 Å². The molecule has 94 valence electrons. The number of thiocarbonyl (C=S) groups is 1. The third-order valence-corrected chi connectivity index (χ3v) is 3.64. The second-order valence-electron chi connectivity index (χ2n) is 4.35. The third kappa shape index (κ3) is 3.22. The molecule has 0 spiro atoms. The molecule has 1 fully saturated rings. The van der Waals surface area contributed by atoms with Crippen LogP contribution in [0.3, 0.4) is 0 Å². The van der Waals surface area contributed by atoms with E-state index in [2.05, 4.69) is 28.9 Å². The van der Waals surface area contributed by atoms with E-state index in [9.17, 15) is 0 Å². The average molecular weight is 277 g/mol. The predicted molar refractivity (Wildman–Crippen MR) is 79.8 cm³/mol. The van der Waals surface area contributed by atoms with E-state index in [0.29, 0.717) is 15.9 Å². The molecule has 0 bridgehead atoms. The Labute approximate surface area is 118 Å². The van der Waals surface area contributed by atoms with Crippen molar-refractivity contribution in [2.24, 2.45) is 0 Å². The van der Waals surface area contributed by atoms with Gasteiger partial charge in [0.1, 0.15) is 4.32 Å². The second kappa shape index (κ2) is 6.19. The van der Waals surface area contributed by atoms with Gasteiger partial charge in [0.15, 0.2) is 0 Å². The lowest BCUT2D eigenvalue weighted by Gasteiger charge is -2.36. The van der Waals surface area contributed by atoms with Crippen LogP contribution in [0, 0.1) is 11.3 Å². The minimum atomic E-state index is 0.344. The maximum absolute atomic E-state index is 8.77. The van der Waals surface area contributed by atoms with E-state index in [0.717, 1.165) is 26.1 Å². The number of nitrogens with zero attached hydrogens (tertiary/aromatic N) is 2. The van der Waals surface area contributed by atoms with E-state index in [1.165, 1.54) is 5.56 Å². The Morgan fingerprint density at radius 3 is 2.83 bits per heavy atom. The zero-order valence-electron chi connectivity index (χ0n) is 9.97. The van der Waals surface area contributed by atoms with E-state index >= 15 is 0 Å². The van der Waals surface area contributed by atoms with E-state index < -0.39 is 0 Å². The molecule has 1 aliphatic heterocycles. The number of hydrogen-bond donors (Lipinski definition) is 2. The van der Waals surface area contributed by atoms with Crippen LogP contribution in [-0.2, 0) is 6.42 Å². The Balaban J connectivity index is 2.06. The zero-order valence-corrected chi connectivity index (χ0v) is 11.7. The Hall–Kier alpha value is -1.09. The highest BCUT2D eigenvalue weighted by Gasteiger charge is 2.22. The molecule has 1 aliphatic rings. The highest BCUT2D eigenvalue weighted by atomic mass is 32.1. The van der Waals surface area contributed by atoms with Gasteiger partial charge in [-0.2, -0.15) is 5.26 Å². The summed E-state index contributed by atoms with van der Waals surface area (Å²) in [5.41, 5.74) is 1.92. The average Bonchev–Trinajstić information content (AvgIpc) is 2.40. The van der Waals surface area contributed by atoms with Gasteiger partial charge in [-0.15, -0.1) is 12.6 Å². The van der Waals surface area contributed by atoms with Crippen LogP contribution in [0.25, 0.3) is 0 Å². The summed E-state index contributed by atoms with van der Waals surface area (Å²) < 4.78 is 0.662. The first kappa shape index (κ1) is 13.3. The number of piperazine rings is 1. The molecule has 3 nitrogen and oxygen atoms in total. The minimum Gasteiger partial charge on any atom is -0.352 e. The summed E-state index contributed by atoms with van der Waals surface area (Å²) in [6, 6.07) is 10.2. The van der Waals surface area contributed by atoms with Crippen molar-refractivity contribution in [3.05, 3.63) is 35.4 Å². The molecule has 1 heterocycles. The van der Waals surface area contributed by atoms with Gasteiger partial charge in [0, 0.05) is 25.7 Å². The van der Waals surface area contributed by atoms with Gasteiger partial charge in [0.2, 0.25) is 0 Å². The minimum absolute atomic E-state index is 0.344. The van der Waals surface area contributed by atoms with E-state index in [1.54, 1.807) is 0 Å². The quantitative estimate of drug-likeness (QED) is 0.636. The monoisotopic (exact) mass is 277 g/mol. The van der Waals surface area contributed by atoms with Crippen molar-refractivity contribution in [3.8, 4) is 6.07 Å². The van der Waals surface area contributed by atoms with Crippen molar-refractivity contribution < 1.29 is 0 Å². The molecule has 5 heteroatoms. The van der Waals surface area contributed by atoms with Gasteiger partial charge in [0.25, 0.3) is 0 Å². The molecule has 0 radical (unpaired) electrons. The topological polar surface area (TPSA) is 39.1 Å². The molecule has 0 amide bonds. The lowest BCUT2D eigenvalue weighted by atomic mass is 10.0. The maximum atomic E-state index is 8.77. The summed E-state index contributed by atoms with van der Waals surface area (Å²) in [7, 11) is 0. The fourth-order valence-electron chi connectivity index (χ4n) is 2.18. The van der Waals surface area contributed by atoms with E-state index in [1.807, 2.05) is 24.3 Å². The molecule has 0 saturated carbocycles. The number of rotatable bonds is 2. The van der Waals surface area contributed by atoms with Crippen LogP contribution in [0.15, 0.2) is 24.3 Å². The summed E-state index contributed by atoms with van der Waals surface area (Å²) in [5.74, 6) is 0. The third-order valence-electron chi connectivity index (χ3n) is 3.15. The Morgan fingerprint density at radius 1 is 1.50 bits per heavy atom. The van der Waals surface area contributed by atoms with Gasteiger partial charge in [-0.25, -0.2) is 0 Å². The fraction of sp³-hybridized carbons (Fsp3) is 0.385. The number of nitriles is 1. The first-order valence-corrected chi connectivity index (χ1v) is 6.75. The molecule has 1 saturated heterocycles. The molecule has 0 aromatic heterocycles. The maximum Gasteiger partial charge on any atom is 0.133 e. The molecule has 1 aromatic rings. The van der Waals surface area contributed by atoms with Crippen molar-refractivity contribution in [2.75, 3.05) is 19.6 Å². The molecule has 1 unspecified atom stereocenters. The van der Waals surface area contributed by atoms with E-state index in [4.69, 9.17) is 17.5 Å². The first-order valence-electron chi connectivity index (χ1n) is 5.90. The highest BCUT2D eigenvalue weighted by Crippen LogP contribution is 2.14. The SMILES string of the molecule is N#Cc1ccc(CC2CNCCN2C(=S)S)cc1. The number of thiol groups is 1. The van der Waals surface area contributed by atoms with Crippen LogP contribution in [-0.4, -0.2) is 34.9 Å². The molecule has 18 heavy (non-hydrogen) atoms. The molecular weight excluding hydrogens is 262 g/mol. The molecule has 1 N–H and O–H groups in total. The summed E-state index contributed by atoms with van der Waals surface area (Å²) >= 11 is 9.45. The van der Waals surface area contributed by atoms with Crippen LogP contribution >= 0.6 is 24.8 Å². The highest BCUT2D eigenvalue weighted by molar-refractivity contribution is 8.10. The summed E-state index contributed by atoms with van der Waals surface area (Å²) in [5, 5.41) is 12.1. The Kier molecular flexibility index (Phi) is 4.59. The van der Waals surface area contributed by atoms with E-state index in [-0.39, 0.29) is 0 Å². The molecule has 1 atom stereocenters. The standard InChI is InChI=1S/C13H15N3S2/c14-8-11-3-1-10(2-4-11)7-12-9-15-5-6-16(12)13(17)18/h1-4,12,15H,5-7,9H2,(H,17,18). The van der Waals surface area contributed by atoms with Crippen LogP contribution in [0.2, 0.25) is 0 Å². The normalized spacial score (nSPS) is 19.3. The molecular formula is C13H15N3S2. The van der Waals surface area contributed by atoms with Crippen LogP contribution < -0.4 is 5.32 Å². The van der Waals surface area contributed by atoms with Crippen LogP contribution in [0.1, 0.15) is 11.1 Å². The Morgan fingerprint density at radius 2 is 2.22 bits per heavy atom. The Bertz CT molecular complexity index is 464. The van der Waals surface area contributed by atoms with Gasteiger partial charge in [0.05, 0.1) is 11.6 Å². The van der Waals surface area contributed by atoms with Crippen LogP contribution in [0.5, 0.6) is 0 Å². The van der Waals surface area contributed by atoms with Crippen molar-refractivity contribution in [1.82, 2.24) is 10.2 Å². The predicted octanol–water partition coefficient (Wildman–Crippen LogP) is 1.59. The summed E-state index contributed by atoms with van der Waals surface area (Å²) in [6.07, 6.45) is 0.916. The smallest absolute Gasteiger partial charge is 0.133 e. The second-order valence-corrected chi connectivity index (χ2v) is 5.46. The summed E-state index contributed by atoms with van der Waals surface area (Å²) in [4.78, 5) is 2.16. The zero-order chi connectivity index (χ0) is 13.0. The molecule has 1 aromatic carbocycles. The summed E-state index contributed by atoms with van der Waals surface area (Å²) in [6.45, 7) is 2.77.